The van der Waals surface area contributed by atoms with Gasteiger partial charge in [0.05, 0.1) is 31.3 Å². The first-order chi connectivity index (χ1) is 12.5. The maximum atomic E-state index is 12.4. The summed E-state index contributed by atoms with van der Waals surface area (Å²) in [4.78, 5) is 47.2. The molecule has 0 aliphatic carbocycles. The van der Waals surface area contributed by atoms with Gasteiger partial charge in [-0.2, -0.15) is 0 Å². The fraction of sp³-hybridized carbons (Fsp3) is 0.471. The van der Waals surface area contributed by atoms with Crippen LogP contribution in [0.4, 0.5) is 10.5 Å². The highest BCUT2D eigenvalue weighted by molar-refractivity contribution is 5.90. The largest absolute Gasteiger partial charge is 0.468 e. The van der Waals surface area contributed by atoms with Crippen LogP contribution in [0.1, 0.15) is 36.7 Å². The molecule has 0 heterocycles. The van der Waals surface area contributed by atoms with Crippen molar-refractivity contribution < 1.29 is 33.5 Å². The van der Waals surface area contributed by atoms with Gasteiger partial charge < -0.3 is 14.2 Å². The van der Waals surface area contributed by atoms with Crippen LogP contribution in [0, 0.1) is 10.1 Å². The van der Waals surface area contributed by atoms with E-state index in [2.05, 4.69) is 9.47 Å². The molecule has 148 valence electrons. The van der Waals surface area contributed by atoms with Crippen LogP contribution in [0.15, 0.2) is 18.2 Å². The third-order valence-electron chi connectivity index (χ3n) is 3.26. The Balaban J connectivity index is 3.22. The van der Waals surface area contributed by atoms with Gasteiger partial charge in [-0.05, 0) is 32.9 Å². The Hall–Kier alpha value is -3.17. The first kappa shape index (κ1) is 21.9. The molecule has 0 fully saturated rings. The molecule has 0 bridgehead atoms. The number of esters is 2. The Kier molecular flexibility index (Phi) is 7.26. The number of carbonyl (C=O) groups excluding carboxylic acids is 3. The van der Waals surface area contributed by atoms with Crippen LogP contribution >= 0.6 is 0 Å². The molecule has 0 saturated carbocycles. The summed E-state index contributed by atoms with van der Waals surface area (Å²) >= 11 is 0. The van der Waals surface area contributed by atoms with E-state index in [1.54, 1.807) is 20.8 Å². The third kappa shape index (κ3) is 6.57. The number of nitro groups is 1. The van der Waals surface area contributed by atoms with Crippen LogP contribution in [-0.4, -0.2) is 54.2 Å². The highest BCUT2D eigenvalue weighted by atomic mass is 16.6. The number of benzene rings is 1. The van der Waals surface area contributed by atoms with Gasteiger partial charge in [0.2, 0.25) is 0 Å². The van der Waals surface area contributed by atoms with Crippen LogP contribution in [0.2, 0.25) is 0 Å². The lowest BCUT2D eigenvalue weighted by atomic mass is 10.1. The van der Waals surface area contributed by atoms with Crippen molar-refractivity contribution in [2.45, 2.75) is 32.9 Å². The minimum absolute atomic E-state index is 0.00950. The molecule has 0 atom stereocenters. The number of hydrogen-bond donors (Lipinski definition) is 0. The van der Waals surface area contributed by atoms with Gasteiger partial charge in [-0.1, -0.05) is 0 Å². The van der Waals surface area contributed by atoms with E-state index in [9.17, 15) is 24.5 Å². The van der Waals surface area contributed by atoms with Crippen LogP contribution in [0.3, 0.4) is 0 Å². The Morgan fingerprint density at radius 2 is 1.78 bits per heavy atom. The van der Waals surface area contributed by atoms with E-state index in [0.717, 1.165) is 25.2 Å². The zero-order valence-corrected chi connectivity index (χ0v) is 15.8. The maximum Gasteiger partial charge on any atom is 0.411 e. The van der Waals surface area contributed by atoms with Crippen molar-refractivity contribution in [2.75, 3.05) is 20.8 Å². The minimum atomic E-state index is -0.834. The molecular formula is C17H22N2O8. The zero-order valence-electron chi connectivity index (χ0n) is 15.8. The zero-order chi connectivity index (χ0) is 20.8. The van der Waals surface area contributed by atoms with E-state index < -0.39 is 40.8 Å². The number of methoxy groups -OCH3 is 2. The van der Waals surface area contributed by atoms with Crippen molar-refractivity contribution in [1.82, 2.24) is 4.90 Å². The summed E-state index contributed by atoms with van der Waals surface area (Å²) in [6.45, 7) is 4.20. The molecule has 0 aliphatic rings. The van der Waals surface area contributed by atoms with Crippen molar-refractivity contribution in [3.8, 4) is 0 Å². The van der Waals surface area contributed by atoms with E-state index in [-0.39, 0.29) is 17.7 Å². The number of nitrogens with zero attached hydrogens (tertiary/aromatic N) is 2. The van der Waals surface area contributed by atoms with Gasteiger partial charge in [0.15, 0.2) is 0 Å². The number of carbonyl (C=O) groups is 3. The average molecular weight is 382 g/mol. The summed E-state index contributed by atoms with van der Waals surface area (Å²) in [6.07, 6.45) is -0.834. The molecule has 10 nitrogen and oxygen atoms in total. The molecule has 1 aromatic rings. The Morgan fingerprint density at radius 1 is 1.15 bits per heavy atom. The second-order valence-corrected chi connectivity index (χ2v) is 6.50. The SMILES string of the molecule is COC(=O)CN(Cc1ccc(C(=O)OC)cc1[N+](=O)[O-])C(=O)OC(C)(C)C. The molecule has 10 heteroatoms. The van der Waals surface area contributed by atoms with Crippen molar-refractivity contribution in [3.05, 3.63) is 39.4 Å². The Labute approximate surface area is 156 Å². The highest BCUT2D eigenvalue weighted by Crippen LogP contribution is 2.23. The highest BCUT2D eigenvalue weighted by Gasteiger charge is 2.27. The van der Waals surface area contributed by atoms with Crippen LogP contribution in [0.5, 0.6) is 0 Å². The van der Waals surface area contributed by atoms with Gasteiger partial charge >= 0.3 is 18.0 Å². The average Bonchev–Trinajstić information content (AvgIpc) is 2.58. The predicted octanol–water partition coefficient (Wildman–Crippen LogP) is 2.29. The fourth-order valence-electron chi connectivity index (χ4n) is 2.05. The molecule has 0 unspecified atom stereocenters. The van der Waals surface area contributed by atoms with Gasteiger partial charge in [-0.15, -0.1) is 0 Å². The molecule has 0 aromatic heterocycles. The van der Waals surface area contributed by atoms with E-state index in [0.29, 0.717) is 0 Å². The number of rotatable bonds is 6. The number of ether oxygens (including phenoxy) is 3. The number of amides is 1. The van der Waals surface area contributed by atoms with Crippen molar-refractivity contribution >= 4 is 23.7 Å². The van der Waals surface area contributed by atoms with E-state index in [1.165, 1.54) is 12.1 Å². The number of hydrogen-bond acceptors (Lipinski definition) is 8. The topological polar surface area (TPSA) is 125 Å². The second-order valence-electron chi connectivity index (χ2n) is 6.50. The fourth-order valence-corrected chi connectivity index (χ4v) is 2.05. The molecule has 0 spiro atoms. The Bertz CT molecular complexity index is 739. The lowest BCUT2D eigenvalue weighted by molar-refractivity contribution is -0.385. The van der Waals surface area contributed by atoms with Gasteiger partial charge in [0, 0.05) is 11.6 Å². The standard InChI is InChI=1S/C17H22N2O8/c1-17(2,3)27-16(22)18(10-14(20)25-4)9-12-7-6-11(15(21)26-5)8-13(12)19(23)24/h6-8H,9-10H2,1-5H3. The molecule has 0 aliphatic heterocycles. The maximum absolute atomic E-state index is 12.4. The lowest BCUT2D eigenvalue weighted by Gasteiger charge is -2.26. The first-order valence-electron chi connectivity index (χ1n) is 7.89. The third-order valence-corrected chi connectivity index (χ3v) is 3.26. The lowest BCUT2D eigenvalue weighted by Crippen LogP contribution is -2.39. The molecule has 0 radical (unpaired) electrons. The Morgan fingerprint density at radius 3 is 2.26 bits per heavy atom. The van der Waals surface area contributed by atoms with E-state index >= 15 is 0 Å². The summed E-state index contributed by atoms with van der Waals surface area (Å²) in [5.41, 5.74) is -1.12. The van der Waals surface area contributed by atoms with Crippen molar-refractivity contribution in [3.63, 3.8) is 0 Å². The molecule has 1 amide bonds. The van der Waals surface area contributed by atoms with Gasteiger partial charge in [-0.3, -0.25) is 19.8 Å². The summed E-state index contributed by atoms with van der Waals surface area (Å²) < 4.78 is 14.3. The molecule has 0 N–H and O–H groups in total. The van der Waals surface area contributed by atoms with Gasteiger partial charge in [0.1, 0.15) is 12.1 Å². The molecule has 1 rings (SSSR count). The summed E-state index contributed by atoms with van der Waals surface area (Å²) in [5.74, 6) is -1.45. The van der Waals surface area contributed by atoms with Crippen LogP contribution in [0.25, 0.3) is 0 Å². The van der Waals surface area contributed by atoms with Crippen LogP contribution in [-0.2, 0) is 25.5 Å². The smallest absolute Gasteiger partial charge is 0.411 e. The van der Waals surface area contributed by atoms with Gasteiger partial charge in [-0.25, -0.2) is 9.59 Å². The quantitative estimate of drug-likeness (QED) is 0.317. The summed E-state index contributed by atoms with van der Waals surface area (Å²) in [7, 11) is 2.31. The summed E-state index contributed by atoms with van der Waals surface area (Å²) in [6, 6.07) is 3.70. The molecule has 1 aromatic carbocycles. The number of nitro benzene ring substituents is 1. The van der Waals surface area contributed by atoms with E-state index in [1.807, 2.05) is 0 Å². The van der Waals surface area contributed by atoms with Crippen molar-refractivity contribution in [2.24, 2.45) is 0 Å². The van der Waals surface area contributed by atoms with Gasteiger partial charge in [0.25, 0.3) is 5.69 Å². The van der Waals surface area contributed by atoms with Crippen LogP contribution < -0.4 is 0 Å². The minimum Gasteiger partial charge on any atom is -0.468 e. The molecular weight excluding hydrogens is 360 g/mol. The summed E-state index contributed by atoms with van der Waals surface area (Å²) in [5, 5.41) is 11.4. The second kappa shape index (κ2) is 8.97. The normalized spacial score (nSPS) is 10.7. The molecule has 27 heavy (non-hydrogen) atoms. The first-order valence-corrected chi connectivity index (χ1v) is 7.89. The predicted molar refractivity (Wildman–Crippen MR) is 93.1 cm³/mol. The molecule has 0 saturated heterocycles. The monoisotopic (exact) mass is 382 g/mol. The van der Waals surface area contributed by atoms with Crippen molar-refractivity contribution in [1.29, 1.82) is 0 Å². The van der Waals surface area contributed by atoms with E-state index in [4.69, 9.17) is 4.74 Å².